The van der Waals surface area contributed by atoms with Crippen LogP contribution in [0.5, 0.6) is 11.5 Å². The van der Waals surface area contributed by atoms with E-state index in [2.05, 4.69) is 15.3 Å². The predicted octanol–water partition coefficient (Wildman–Crippen LogP) is 6.05. The molecule has 0 saturated carbocycles. The highest BCUT2D eigenvalue weighted by molar-refractivity contribution is 7.08. The number of H-pyrrole nitrogens is 1. The highest BCUT2D eigenvalue weighted by Gasteiger charge is 2.10. The first-order chi connectivity index (χ1) is 13.2. The number of halogens is 1. The largest absolute Gasteiger partial charge is 0.493 e. The summed E-state index contributed by atoms with van der Waals surface area (Å²) in [5, 5.41) is 4.81. The summed E-state index contributed by atoms with van der Waals surface area (Å²) in [6.45, 7) is 0.444. The molecule has 0 unspecified atom stereocenters. The monoisotopic (exact) mass is 396 g/mol. The van der Waals surface area contributed by atoms with Crippen LogP contribution in [0.25, 0.3) is 22.6 Å². The van der Waals surface area contributed by atoms with Crippen molar-refractivity contribution in [2.24, 2.45) is 0 Å². The maximum absolute atomic E-state index is 5.92. The molecule has 2 aromatic carbocycles. The minimum Gasteiger partial charge on any atom is -0.493 e. The van der Waals surface area contributed by atoms with Crippen LogP contribution in [0.2, 0.25) is 5.02 Å². The molecule has 0 aliphatic carbocycles. The van der Waals surface area contributed by atoms with Crippen molar-refractivity contribution < 1.29 is 9.47 Å². The molecule has 0 bridgehead atoms. The Morgan fingerprint density at radius 1 is 1.04 bits per heavy atom. The van der Waals surface area contributed by atoms with Crippen LogP contribution < -0.4 is 9.47 Å². The molecule has 27 heavy (non-hydrogen) atoms. The SMILES string of the molecule is COc1cc(-c2cnc(-c3ccsc3)[nH]2)ccc1OCc1ccc(Cl)cc1. The first-order valence-corrected chi connectivity index (χ1v) is 9.68. The Morgan fingerprint density at radius 3 is 2.63 bits per heavy atom. The smallest absolute Gasteiger partial charge is 0.161 e. The number of thiophene rings is 1. The minimum absolute atomic E-state index is 0.444. The van der Waals surface area contributed by atoms with E-state index >= 15 is 0 Å². The van der Waals surface area contributed by atoms with Crippen LogP contribution in [0, 0.1) is 0 Å². The summed E-state index contributed by atoms with van der Waals surface area (Å²) < 4.78 is 11.4. The summed E-state index contributed by atoms with van der Waals surface area (Å²) in [5.74, 6) is 2.22. The fourth-order valence-electron chi connectivity index (χ4n) is 2.71. The Morgan fingerprint density at radius 2 is 1.89 bits per heavy atom. The molecule has 0 amide bonds. The van der Waals surface area contributed by atoms with Gasteiger partial charge in [-0.1, -0.05) is 23.7 Å². The topological polar surface area (TPSA) is 47.1 Å². The second kappa shape index (κ2) is 7.86. The average molecular weight is 397 g/mol. The van der Waals surface area contributed by atoms with Gasteiger partial charge in [-0.25, -0.2) is 4.98 Å². The van der Waals surface area contributed by atoms with E-state index in [1.165, 1.54) is 0 Å². The van der Waals surface area contributed by atoms with Crippen LogP contribution in [0.1, 0.15) is 5.56 Å². The van der Waals surface area contributed by atoms with E-state index in [0.717, 1.165) is 28.2 Å². The van der Waals surface area contributed by atoms with Gasteiger partial charge in [0, 0.05) is 21.5 Å². The fourth-order valence-corrected chi connectivity index (χ4v) is 3.48. The van der Waals surface area contributed by atoms with Crippen LogP contribution in [0.4, 0.5) is 0 Å². The molecule has 4 rings (SSSR count). The van der Waals surface area contributed by atoms with E-state index in [-0.39, 0.29) is 0 Å². The summed E-state index contributed by atoms with van der Waals surface area (Å²) in [6.07, 6.45) is 1.83. The molecule has 2 heterocycles. The number of ether oxygens (including phenoxy) is 2. The first-order valence-electron chi connectivity index (χ1n) is 8.36. The van der Waals surface area contributed by atoms with Crippen LogP contribution in [-0.4, -0.2) is 17.1 Å². The lowest BCUT2D eigenvalue weighted by atomic mass is 10.1. The first kappa shape index (κ1) is 17.6. The van der Waals surface area contributed by atoms with Gasteiger partial charge in [-0.3, -0.25) is 0 Å². The lowest BCUT2D eigenvalue weighted by Gasteiger charge is -2.12. The average Bonchev–Trinajstić information content (AvgIpc) is 3.39. The number of aromatic nitrogens is 2. The molecule has 6 heteroatoms. The van der Waals surface area contributed by atoms with Gasteiger partial charge in [0.2, 0.25) is 0 Å². The van der Waals surface area contributed by atoms with E-state index < -0.39 is 0 Å². The van der Waals surface area contributed by atoms with Crippen molar-refractivity contribution in [3.05, 3.63) is 76.1 Å². The molecule has 0 radical (unpaired) electrons. The second-order valence-corrected chi connectivity index (χ2v) is 7.15. The highest BCUT2D eigenvalue weighted by atomic mass is 35.5. The predicted molar refractivity (Wildman–Crippen MR) is 110 cm³/mol. The summed E-state index contributed by atoms with van der Waals surface area (Å²) in [7, 11) is 1.64. The molecule has 2 aromatic heterocycles. The lowest BCUT2D eigenvalue weighted by Crippen LogP contribution is -1.98. The highest BCUT2D eigenvalue weighted by Crippen LogP contribution is 2.33. The Labute approximate surface area is 166 Å². The van der Waals surface area contributed by atoms with Gasteiger partial charge in [0.25, 0.3) is 0 Å². The zero-order valence-corrected chi connectivity index (χ0v) is 16.2. The van der Waals surface area contributed by atoms with Crippen LogP contribution in [0.15, 0.2) is 65.5 Å². The standard InChI is InChI=1S/C21H17ClN2O2S/c1-25-20-10-15(18-11-23-21(24-18)16-8-9-27-13-16)4-7-19(20)26-12-14-2-5-17(22)6-3-14/h2-11,13H,12H2,1H3,(H,23,24). The maximum Gasteiger partial charge on any atom is 0.161 e. The van der Waals surface area contributed by atoms with E-state index in [1.54, 1.807) is 18.4 Å². The number of methoxy groups -OCH3 is 1. The second-order valence-electron chi connectivity index (χ2n) is 5.94. The summed E-state index contributed by atoms with van der Waals surface area (Å²) in [4.78, 5) is 7.82. The number of nitrogens with one attached hydrogen (secondary N) is 1. The van der Waals surface area contributed by atoms with Crippen molar-refractivity contribution in [1.29, 1.82) is 0 Å². The van der Waals surface area contributed by atoms with E-state index in [4.69, 9.17) is 21.1 Å². The lowest BCUT2D eigenvalue weighted by molar-refractivity contribution is 0.284. The van der Waals surface area contributed by atoms with E-state index in [1.807, 2.05) is 60.1 Å². The van der Waals surface area contributed by atoms with Gasteiger partial charge in [-0.05, 0) is 47.3 Å². The number of benzene rings is 2. The minimum atomic E-state index is 0.444. The Bertz CT molecular complexity index is 1030. The molecule has 4 nitrogen and oxygen atoms in total. The molecule has 0 fully saturated rings. The zero-order valence-electron chi connectivity index (χ0n) is 14.6. The molecule has 136 valence electrons. The molecule has 0 spiro atoms. The van der Waals surface area contributed by atoms with Crippen LogP contribution >= 0.6 is 22.9 Å². The van der Waals surface area contributed by atoms with Crippen molar-refractivity contribution in [2.75, 3.05) is 7.11 Å². The zero-order chi connectivity index (χ0) is 18.6. The molecule has 0 aliphatic heterocycles. The Kier molecular flexibility index (Phi) is 5.14. The van der Waals surface area contributed by atoms with E-state index in [0.29, 0.717) is 23.1 Å². The Hall–Kier alpha value is -2.76. The summed E-state index contributed by atoms with van der Waals surface area (Å²) in [5.41, 5.74) is 4.04. The van der Waals surface area contributed by atoms with Crippen molar-refractivity contribution in [2.45, 2.75) is 6.61 Å². The van der Waals surface area contributed by atoms with Crippen molar-refractivity contribution in [3.8, 4) is 34.1 Å². The molecule has 1 N–H and O–H groups in total. The number of hydrogen-bond acceptors (Lipinski definition) is 4. The maximum atomic E-state index is 5.92. The molecular weight excluding hydrogens is 380 g/mol. The third kappa shape index (κ3) is 3.99. The van der Waals surface area contributed by atoms with Gasteiger partial charge in [0.15, 0.2) is 11.5 Å². The summed E-state index contributed by atoms with van der Waals surface area (Å²) >= 11 is 7.57. The van der Waals surface area contributed by atoms with Gasteiger partial charge in [-0.15, -0.1) is 0 Å². The molecule has 0 atom stereocenters. The van der Waals surface area contributed by atoms with Gasteiger partial charge < -0.3 is 14.5 Å². The normalized spacial score (nSPS) is 10.7. The van der Waals surface area contributed by atoms with Gasteiger partial charge >= 0.3 is 0 Å². The number of aromatic amines is 1. The number of hydrogen-bond donors (Lipinski definition) is 1. The van der Waals surface area contributed by atoms with Crippen LogP contribution in [-0.2, 0) is 6.61 Å². The van der Waals surface area contributed by atoms with Crippen molar-refractivity contribution >= 4 is 22.9 Å². The van der Waals surface area contributed by atoms with Crippen LogP contribution in [0.3, 0.4) is 0 Å². The van der Waals surface area contributed by atoms with Gasteiger partial charge in [-0.2, -0.15) is 11.3 Å². The Balaban J connectivity index is 1.53. The molecule has 0 aliphatic rings. The quantitative estimate of drug-likeness (QED) is 0.431. The molecule has 0 saturated heterocycles. The molecule has 4 aromatic rings. The number of rotatable bonds is 6. The van der Waals surface area contributed by atoms with Crippen molar-refractivity contribution in [1.82, 2.24) is 9.97 Å². The van der Waals surface area contributed by atoms with Crippen molar-refractivity contribution in [3.63, 3.8) is 0 Å². The number of nitrogens with zero attached hydrogens (tertiary/aromatic N) is 1. The third-order valence-electron chi connectivity index (χ3n) is 4.15. The molecular formula is C21H17ClN2O2S. The van der Waals surface area contributed by atoms with E-state index in [9.17, 15) is 0 Å². The summed E-state index contributed by atoms with van der Waals surface area (Å²) in [6, 6.07) is 15.5. The van der Waals surface area contributed by atoms with Gasteiger partial charge in [0.1, 0.15) is 12.4 Å². The fraction of sp³-hybridized carbons (Fsp3) is 0.0952. The van der Waals surface area contributed by atoms with Gasteiger partial charge in [0.05, 0.1) is 19.0 Å². The number of imidazole rings is 1. The third-order valence-corrected chi connectivity index (χ3v) is 5.09.